The number of hydrogen-bond acceptors (Lipinski definition) is 5. The molecule has 1 spiro atoms. The minimum absolute atomic E-state index is 0.0535. The quantitative estimate of drug-likeness (QED) is 0.212. The van der Waals surface area contributed by atoms with Crippen molar-refractivity contribution < 1.29 is 4.42 Å². The molecule has 0 saturated carbocycles. The van der Waals surface area contributed by atoms with E-state index in [0.717, 1.165) is 16.5 Å². The van der Waals surface area contributed by atoms with E-state index in [1.165, 1.54) is 44.5 Å². The van der Waals surface area contributed by atoms with E-state index in [2.05, 4.69) is 113 Å². The molecule has 2 aliphatic carbocycles. The minimum atomic E-state index is -0.418. The Labute approximate surface area is 240 Å². The van der Waals surface area contributed by atoms with Crippen LogP contribution in [0, 0.1) is 22.7 Å². The van der Waals surface area contributed by atoms with Crippen LogP contribution < -0.4 is 0 Å². The number of nitriles is 2. The maximum atomic E-state index is 9.64. The van der Waals surface area contributed by atoms with Gasteiger partial charge in [0, 0.05) is 5.39 Å². The number of rotatable bonds is 1. The molecule has 2 heterocycles. The fourth-order valence-corrected chi connectivity index (χ4v) is 7.32. The first kappa shape index (κ1) is 22.7. The first-order chi connectivity index (χ1) is 20.7. The Morgan fingerprint density at radius 1 is 0.595 bits per heavy atom. The topological polar surface area (TPSA) is 86.5 Å². The number of furan rings is 1. The second-order valence-electron chi connectivity index (χ2n) is 10.7. The van der Waals surface area contributed by atoms with E-state index in [0.29, 0.717) is 16.7 Å². The molecule has 5 aromatic carbocycles. The van der Waals surface area contributed by atoms with E-state index in [4.69, 9.17) is 4.42 Å². The van der Waals surface area contributed by atoms with Gasteiger partial charge in [-0.25, -0.2) is 9.97 Å². The van der Waals surface area contributed by atoms with Crippen molar-refractivity contribution in [3.63, 3.8) is 0 Å². The Morgan fingerprint density at radius 3 is 1.90 bits per heavy atom. The van der Waals surface area contributed by atoms with Gasteiger partial charge < -0.3 is 4.42 Å². The van der Waals surface area contributed by atoms with E-state index in [9.17, 15) is 10.5 Å². The largest absolute Gasteiger partial charge is 0.451 e. The van der Waals surface area contributed by atoms with Crippen molar-refractivity contribution in [1.82, 2.24) is 9.97 Å². The molecule has 2 aliphatic rings. The predicted molar refractivity (Wildman–Crippen MR) is 160 cm³/mol. The summed E-state index contributed by atoms with van der Waals surface area (Å²) in [7, 11) is 0. The van der Waals surface area contributed by atoms with Crippen LogP contribution in [0.1, 0.15) is 33.8 Å². The van der Waals surface area contributed by atoms with Crippen LogP contribution in [0.3, 0.4) is 0 Å². The normalized spacial score (nSPS) is 13.4. The van der Waals surface area contributed by atoms with Gasteiger partial charge in [0.1, 0.15) is 23.2 Å². The Kier molecular flexibility index (Phi) is 4.34. The molecule has 0 fully saturated rings. The van der Waals surface area contributed by atoms with E-state index in [1.807, 2.05) is 18.2 Å². The number of fused-ring (bicyclic) bond motifs is 13. The zero-order valence-corrected chi connectivity index (χ0v) is 22.1. The zero-order chi connectivity index (χ0) is 28.0. The van der Waals surface area contributed by atoms with Gasteiger partial charge in [0.05, 0.1) is 5.41 Å². The lowest BCUT2D eigenvalue weighted by Gasteiger charge is -2.30. The van der Waals surface area contributed by atoms with Crippen LogP contribution in [0.4, 0.5) is 0 Å². The van der Waals surface area contributed by atoms with Crippen LogP contribution in [-0.2, 0) is 5.41 Å². The van der Waals surface area contributed by atoms with Gasteiger partial charge in [-0.15, -0.1) is 0 Å². The molecule has 0 radical (unpaired) electrons. The predicted octanol–water partition coefficient (Wildman–Crippen LogP) is 8.13. The van der Waals surface area contributed by atoms with Crippen molar-refractivity contribution in [2.24, 2.45) is 0 Å². The highest BCUT2D eigenvalue weighted by molar-refractivity contribution is 6.07. The molecular formula is C37H18N4O. The van der Waals surface area contributed by atoms with E-state index < -0.39 is 5.41 Å². The van der Waals surface area contributed by atoms with Gasteiger partial charge in [0.25, 0.3) is 0 Å². The van der Waals surface area contributed by atoms with Crippen molar-refractivity contribution in [1.29, 1.82) is 10.5 Å². The molecule has 0 unspecified atom stereocenters. The maximum absolute atomic E-state index is 9.64. The van der Waals surface area contributed by atoms with Gasteiger partial charge in [-0.1, -0.05) is 97.1 Å². The third-order valence-electron chi connectivity index (χ3n) is 8.85. The van der Waals surface area contributed by atoms with Crippen LogP contribution >= 0.6 is 0 Å². The summed E-state index contributed by atoms with van der Waals surface area (Å²) in [5.74, 6) is -0.0535. The molecule has 0 saturated heterocycles. The summed E-state index contributed by atoms with van der Waals surface area (Å²) in [6.45, 7) is 0. The summed E-state index contributed by atoms with van der Waals surface area (Å²) in [5, 5.41) is 19.9. The second kappa shape index (κ2) is 8.01. The average Bonchev–Trinajstić information content (AvgIpc) is 3.68. The van der Waals surface area contributed by atoms with Gasteiger partial charge in [0.2, 0.25) is 5.82 Å². The molecular weight excluding hydrogens is 516 g/mol. The van der Waals surface area contributed by atoms with Crippen LogP contribution in [0.25, 0.3) is 55.4 Å². The minimum Gasteiger partial charge on any atom is -0.451 e. The lowest BCUT2D eigenvalue weighted by Crippen LogP contribution is -2.25. The van der Waals surface area contributed by atoms with E-state index >= 15 is 0 Å². The highest BCUT2D eigenvalue weighted by atomic mass is 16.3. The Hall–Kier alpha value is -6.04. The Balaban J connectivity index is 1.37. The standard InChI is InChI=1S/C37H18N4O/c38-19-31-36-35(41-33(20-39)40-31)26-18-21(16-17-32(26)42-36)22-11-7-15-30-34(22)25-10-3-6-14-29(25)37(30)27-12-4-1-8-23(27)24-9-2-5-13-28(24)37/h1-18H. The maximum Gasteiger partial charge on any atom is 0.234 e. The summed E-state index contributed by atoms with van der Waals surface area (Å²) < 4.78 is 6.01. The second-order valence-corrected chi connectivity index (χ2v) is 10.7. The number of aromatic nitrogens is 2. The molecule has 9 rings (SSSR count). The lowest BCUT2D eigenvalue weighted by molar-refractivity contribution is 0.663. The summed E-state index contributed by atoms with van der Waals surface area (Å²) in [6.07, 6.45) is 0. The molecule has 42 heavy (non-hydrogen) atoms. The molecule has 192 valence electrons. The van der Waals surface area contributed by atoms with Crippen molar-refractivity contribution >= 4 is 22.1 Å². The number of hydrogen-bond donors (Lipinski definition) is 0. The van der Waals surface area contributed by atoms with E-state index in [-0.39, 0.29) is 11.5 Å². The van der Waals surface area contributed by atoms with Gasteiger partial charge in [-0.2, -0.15) is 10.5 Å². The first-order valence-corrected chi connectivity index (χ1v) is 13.7. The highest BCUT2D eigenvalue weighted by Gasteiger charge is 2.51. The van der Waals surface area contributed by atoms with Gasteiger partial charge in [-0.05, 0) is 67.8 Å². The number of nitrogens with zero attached hydrogens (tertiary/aromatic N) is 4. The van der Waals surface area contributed by atoms with Crippen LogP contribution in [0.5, 0.6) is 0 Å². The first-order valence-electron chi connectivity index (χ1n) is 13.7. The SMILES string of the molecule is N#Cc1nc(C#N)c2oc3ccc(-c4cccc5c4-c4ccccc4C54c5ccccc5-c5ccccc54)cc3c2n1. The Morgan fingerprint density at radius 2 is 1.21 bits per heavy atom. The summed E-state index contributed by atoms with van der Waals surface area (Å²) in [4.78, 5) is 8.46. The van der Waals surface area contributed by atoms with Crippen molar-refractivity contribution in [3.8, 4) is 45.5 Å². The molecule has 0 amide bonds. The molecule has 0 aliphatic heterocycles. The van der Waals surface area contributed by atoms with Crippen molar-refractivity contribution in [2.75, 3.05) is 0 Å². The zero-order valence-electron chi connectivity index (χ0n) is 22.1. The molecule has 0 atom stereocenters. The van der Waals surface area contributed by atoms with Crippen molar-refractivity contribution in [2.45, 2.75) is 5.41 Å². The fourth-order valence-electron chi connectivity index (χ4n) is 7.32. The summed E-state index contributed by atoms with van der Waals surface area (Å²) in [6, 6.07) is 42.9. The van der Waals surface area contributed by atoms with Crippen LogP contribution in [0.2, 0.25) is 0 Å². The molecule has 0 N–H and O–H groups in total. The highest BCUT2D eigenvalue weighted by Crippen LogP contribution is 2.63. The number of benzene rings is 5. The van der Waals surface area contributed by atoms with Crippen LogP contribution in [0.15, 0.2) is 114 Å². The third kappa shape index (κ3) is 2.65. The third-order valence-corrected chi connectivity index (χ3v) is 8.85. The Bertz CT molecular complexity index is 2360. The van der Waals surface area contributed by atoms with Crippen molar-refractivity contribution in [3.05, 3.63) is 143 Å². The van der Waals surface area contributed by atoms with Gasteiger partial charge in [-0.3, -0.25) is 0 Å². The summed E-state index contributed by atoms with van der Waals surface area (Å²) in [5.41, 5.74) is 13.2. The van der Waals surface area contributed by atoms with E-state index in [1.54, 1.807) is 0 Å². The molecule has 5 nitrogen and oxygen atoms in total. The lowest BCUT2D eigenvalue weighted by atomic mass is 9.70. The molecule has 2 aromatic heterocycles. The molecule has 7 aromatic rings. The average molecular weight is 535 g/mol. The van der Waals surface area contributed by atoms with Crippen LogP contribution in [-0.4, -0.2) is 9.97 Å². The molecule has 5 heteroatoms. The van der Waals surface area contributed by atoms with Gasteiger partial charge in [0.15, 0.2) is 11.3 Å². The van der Waals surface area contributed by atoms with Gasteiger partial charge >= 0.3 is 0 Å². The molecule has 0 bridgehead atoms. The monoisotopic (exact) mass is 534 g/mol. The smallest absolute Gasteiger partial charge is 0.234 e. The summed E-state index contributed by atoms with van der Waals surface area (Å²) >= 11 is 0. The fraction of sp³-hybridized carbons (Fsp3) is 0.0270.